The Hall–Kier alpha value is -2.56. The molecule has 0 saturated carbocycles. The average molecular weight is 311 g/mol. The van der Waals surface area contributed by atoms with Crippen LogP contribution in [0.1, 0.15) is 33.9 Å². The molecule has 5 heteroatoms. The van der Waals surface area contributed by atoms with Gasteiger partial charge in [0.2, 0.25) is 0 Å². The summed E-state index contributed by atoms with van der Waals surface area (Å²) in [5, 5.41) is 5.64. The highest BCUT2D eigenvalue weighted by molar-refractivity contribution is 5.74. The van der Waals surface area contributed by atoms with Gasteiger partial charge in [0.15, 0.2) is 0 Å². The van der Waals surface area contributed by atoms with Crippen molar-refractivity contribution in [3.63, 3.8) is 0 Å². The van der Waals surface area contributed by atoms with Crippen molar-refractivity contribution in [1.82, 2.24) is 15.6 Å². The van der Waals surface area contributed by atoms with E-state index in [-0.39, 0.29) is 18.1 Å². The lowest BCUT2D eigenvalue weighted by Crippen LogP contribution is -2.40. The van der Waals surface area contributed by atoms with Crippen molar-refractivity contribution in [3.8, 4) is 0 Å². The summed E-state index contributed by atoms with van der Waals surface area (Å²) in [6, 6.07) is 9.96. The molecule has 1 aliphatic carbocycles. The number of aromatic amines is 1. The Bertz CT molecular complexity index is 795. The van der Waals surface area contributed by atoms with Crippen LogP contribution in [0.15, 0.2) is 35.1 Å². The molecule has 1 atom stereocenters. The fourth-order valence-electron chi connectivity index (χ4n) is 3.09. The Labute approximate surface area is 135 Å². The molecule has 0 bridgehead atoms. The lowest BCUT2D eigenvalue weighted by Gasteiger charge is -2.30. The number of hydrogen-bond donors (Lipinski definition) is 3. The molecule has 0 fully saturated rings. The predicted octanol–water partition coefficient (Wildman–Crippen LogP) is 2.13. The quantitative estimate of drug-likeness (QED) is 0.809. The molecule has 1 aliphatic rings. The summed E-state index contributed by atoms with van der Waals surface area (Å²) < 4.78 is 0. The number of hydrogen-bond acceptors (Lipinski definition) is 2. The minimum Gasteiger partial charge on any atom is -0.338 e. The normalized spacial score (nSPS) is 15.5. The molecule has 120 valence electrons. The van der Waals surface area contributed by atoms with Crippen molar-refractivity contribution >= 4 is 6.03 Å². The third kappa shape index (κ3) is 3.28. The molecule has 3 rings (SSSR count). The molecule has 0 radical (unpaired) electrons. The first-order chi connectivity index (χ1) is 11.0. The molecular weight excluding hydrogens is 290 g/mol. The Kier molecular flexibility index (Phi) is 4.19. The summed E-state index contributed by atoms with van der Waals surface area (Å²) >= 11 is 0. The van der Waals surface area contributed by atoms with Gasteiger partial charge in [-0.3, -0.25) is 4.79 Å². The van der Waals surface area contributed by atoms with Gasteiger partial charge in [-0.05, 0) is 43.0 Å². The smallest absolute Gasteiger partial charge is 0.315 e. The highest BCUT2D eigenvalue weighted by atomic mass is 16.2. The third-order valence-corrected chi connectivity index (χ3v) is 4.39. The van der Waals surface area contributed by atoms with Crippen molar-refractivity contribution in [3.05, 3.63) is 68.6 Å². The van der Waals surface area contributed by atoms with Crippen LogP contribution in [0, 0.1) is 13.8 Å². The van der Waals surface area contributed by atoms with Gasteiger partial charge in [0.1, 0.15) is 0 Å². The number of rotatable bonds is 4. The van der Waals surface area contributed by atoms with E-state index in [2.05, 4.69) is 27.8 Å². The fraction of sp³-hybridized carbons (Fsp3) is 0.333. The Morgan fingerprint density at radius 1 is 1.26 bits per heavy atom. The number of benzene rings is 1. The van der Waals surface area contributed by atoms with Crippen molar-refractivity contribution in [2.24, 2.45) is 0 Å². The highest BCUT2D eigenvalue weighted by Crippen LogP contribution is 2.33. The first kappa shape index (κ1) is 15.3. The zero-order chi connectivity index (χ0) is 16.4. The minimum atomic E-state index is -0.242. The maximum Gasteiger partial charge on any atom is 0.315 e. The number of carbonyl (C=O) groups is 1. The molecule has 1 aromatic carbocycles. The molecule has 1 unspecified atom stereocenters. The van der Waals surface area contributed by atoms with E-state index in [1.807, 2.05) is 32.0 Å². The fourth-order valence-corrected chi connectivity index (χ4v) is 3.09. The number of nitrogens with one attached hydrogen (secondary N) is 3. The number of aryl methyl sites for hydroxylation is 2. The minimum absolute atomic E-state index is 0.143. The van der Waals surface area contributed by atoms with Gasteiger partial charge >= 0.3 is 6.03 Å². The van der Waals surface area contributed by atoms with E-state index in [1.54, 1.807) is 0 Å². The lowest BCUT2D eigenvalue weighted by molar-refractivity contribution is 0.239. The van der Waals surface area contributed by atoms with E-state index < -0.39 is 0 Å². The van der Waals surface area contributed by atoms with Crippen LogP contribution in [0.5, 0.6) is 0 Å². The number of urea groups is 1. The van der Waals surface area contributed by atoms with E-state index in [0.29, 0.717) is 18.0 Å². The van der Waals surface area contributed by atoms with Gasteiger partial charge in [-0.15, -0.1) is 0 Å². The topological polar surface area (TPSA) is 74.0 Å². The molecule has 2 amide bonds. The standard InChI is InChI=1S/C18H21N3O2/c1-11-7-12(2)21-17(22)16(11)10-20-18(23)19-9-14-8-13-5-3-4-6-15(13)14/h3-7,14H,8-10H2,1-2H3,(H,21,22)(H2,19,20,23). The predicted molar refractivity (Wildman–Crippen MR) is 89.7 cm³/mol. The van der Waals surface area contributed by atoms with Crippen molar-refractivity contribution in [2.75, 3.05) is 6.54 Å². The second kappa shape index (κ2) is 6.28. The summed E-state index contributed by atoms with van der Waals surface area (Å²) in [6.45, 7) is 4.57. The van der Waals surface area contributed by atoms with Gasteiger partial charge in [-0.2, -0.15) is 0 Å². The number of amides is 2. The Morgan fingerprint density at radius 3 is 2.78 bits per heavy atom. The molecule has 2 aromatic rings. The number of H-pyrrole nitrogens is 1. The lowest BCUT2D eigenvalue weighted by atomic mass is 9.78. The summed E-state index contributed by atoms with van der Waals surface area (Å²) in [5.41, 5.74) is 4.85. The van der Waals surface area contributed by atoms with Crippen LogP contribution in [0.25, 0.3) is 0 Å². The second-order valence-electron chi connectivity index (χ2n) is 6.11. The van der Waals surface area contributed by atoms with Crippen LogP contribution in [-0.4, -0.2) is 17.6 Å². The Morgan fingerprint density at radius 2 is 2.04 bits per heavy atom. The number of pyridine rings is 1. The van der Waals surface area contributed by atoms with Crippen LogP contribution in [0.4, 0.5) is 4.79 Å². The van der Waals surface area contributed by atoms with Gasteiger partial charge in [-0.25, -0.2) is 4.79 Å². The zero-order valence-corrected chi connectivity index (χ0v) is 13.4. The molecule has 3 N–H and O–H groups in total. The van der Waals surface area contributed by atoms with E-state index in [9.17, 15) is 9.59 Å². The van der Waals surface area contributed by atoms with Crippen LogP contribution in [-0.2, 0) is 13.0 Å². The molecular formula is C18H21N3O2. The first-order valence-corrected chi connectivity index (χ1v) is 7.83. The molecule has 0 aliphatic heterocycles. The highest BCUT2D eigenvalue weighted by Gasteiger charge is 2.25. The number of carbonyl (C=O) groups excluding carboxylic acids is 1. The molecule has 1 heterocycles. The number of fused-ring (bicyclic) bond motifs is 1. The first-order valence-electron chi connectivity index (χ1n) is 7.83. The molecule has 0 spiro atoms. The molecule has 5 nitrogen and oxygen atoms in total. The largest absolute Gasteiger partial charge is 0.338 e. The van der Waals surface area contributed by atoms with Gasteiger partial charge < -0.3 is 15.6 Å². The Balaban J connectivity index is 1.51. The van der Waals surface area contributed by atoms with Gasteiger partial charge in [0.25, 0.3) is 5.56 Å². The summed E-state index contributed by atoms with van der Waals surface area (Å²) in [4.78, 5) is 26.6. The summed E-state index contributed by atoms with van der Waals surface area (Å²) in [5.74, 6) is 0.390. The van der Waals surface area contributed by atoms with E-state index >= 15 is 0 Å². The molecule has 0 saturated heterocycles. The van der Waals surface area contributed by atoms with Crippen molar-refractivity contribution in [1.29, 1.82) is 0 Å². The van der Waals surface area contributed by atoms with Crippen molar-refractivity contribution in [2.45, 2.75) is 32.7 Å². The number of aromatic nitrogens is 1. The van der Waals surface area contributed by atoms with Crippen molar-refractivity contribution < 1.29 is 4.79 Å². The SMILES string of the molecule is Cc1cc(C)c(CNC(=O)NCC2Cc3ccccc32)c(=O)[nH]1. The van der Waals surface area contributed by atoms with Gasteiger partial charge in [0.05, 0.1) is 6.54 Å². The van der Waals surface area contributed by atoms with Gasteiger partial charge in [-0.1, -0.05) is 24.3 Å². The summed E-state index contributed by atoms with van der Waals surface area (Å²) in [6.07, 6.45) is 1.01. The van der Waals surface area contributed by atoms with Gasteiger partial charge in [0, 0.05) is 23.7 Å². The average Bonchev–Trinajstić information content (AvgIpc) is 2.47. The monoisotopic (exact) mass is 311 g/mol. The second-order valence-corrected chi connectivity index (χ2v) is 6.11. The summed E-state index contributed by atoms with van der Waals surface area (Å²) in [7, 11) is 0. The van der Waals surface area contributed by atoms with E-state index in [1.165, 1.54) is 11.1 Å². The van der Waals surface area contributed by atoms with Crippen LogP contribution >= 0.6 is 0 Å². The van der Waals surface area contributed by atoms with Crippen LogP contribution < -0.4 is 16.2 Å². The maximum absolute atomic E-state index is 11.9. The molecule has 1 aromatic heterocycles. The van der Waals surface area contributed by atoms with E-state index in [0.717, 1.165) is 17.7 Å². The molecule has 23 heavy (non-hydrogen) atoms. The zero-order valence-electron chi connectivity index (χ0n) is 13.4. The maximum atomic E-state index is 11.9. The van der Waals surface area contributed by atoms with E-state index in [4.69, 9.17) is 0 Å². The van der Waals surface area contributed by atoms with Crippen LogP contribution in [0.2, 0.25) is 0 Å². The third-order valence-electron chi connectivity index (χ3n) is 4.39. The van der Waals surface area contributed by atoms with Crippen LogP contribution in [0.3, 0.4) is 0 Å².